The van der Waals surface area contributed by atoms with Gasteiger partial charge in [0.1, 0.15) is 5.82 Å². The van der Waals surface area contributed by atoms with Crippen molar-refractivity contribution in [2.45, 2.75) is 13.3 Å². The molecular weight excluding hydrogens is 238 g/mol. The topological polar surface area (TPSA) is 55.1 Å². The van der Waals surface area contributed by atoms with Crippen molar-refractivity contribution in [2.75, 3.05) is 11.9 Å². The summed E-state index contributed by atoms with van der Waals surface area (Å²) >= 11 is 0. The van der Waals surface area contributed by atoms with Gasteiger partial charge in [-0.15, -0.1) is 15.3 Å². The van der Waals surface area contributed by atoms with E-state index in [4.69, 9.17) is 0 Å². The monoisotopic (exact) mass is 253 g/mol. The van der Waals surface area contributed by atoms with E-state index >= 15 is 0 Å². The lowest BCUT2D eigenvalue weighted by Gasteiger charge is -2.05. The Balaban J connectivity index is 1.67. The zero-order valence-corrected chi connectivity index (χ0v) is 10.7. The first kappa shape index (κ1) is 11.6. The Morgan fingerprint density at radius 2 is 1.89 bits per heavy atom. The van der Waals surface area contributed by atoms with Gasteiger partial charge >= 0.3 is 0 Å². The molecule has 0 unspecified atom stereocenters. The van der Waals surface area contributed by atoms with Gasteiger partial charge in [0.25, 0.3) is 0 Å². The van der Waals surface area contributed by atoms with Gasteiger partial charge in [-0.25, -0.2) is 0 Å². The first-order valence-electron chi connectivity index (χ1n) is 6.30. The zero-order chi connectivity index (χ0) is 13.1. The van der Waals surface area contributed by atoms with Gasteiger partial charge in [-0.1, -0.05) is 30.3 Å². The van der Waals surface area contributed by atoms with E-state index in [0.29, 0.717) is 0 Å². The fourth-order valence-corrected chi connectivity index (χ4v) is 1.97. The van der Waals surface area contributed by atoms with Gasteiger partial charge in [-0.05, 0) is 31.0 Å². The fourth-order valence-electron chi connectivity index (χ4n) is 1.97. The molecule has 5 heteroatoms. The SMILES string of the molecule is Cc1nnc2ccc(NCCc3ccccc3)nn12. The first-order valence-corrected chi connectivity index (χ1v) is 6.30. The normalized spacial score (nSPS) is 10.8. The summed E-state index contributed by atoms with van der Waals surface area (Å²) in [7, 11) is 0. The quantitative estimate of drug-likeness (QED) is 0.773. The van der Waals surface area contributed by atoms with Crippen molar-refractivity contribution in [2.24, 2.45) is 0 Å². The number of nitrogens with one attached hydrogen (secondary N) is 1. The third-order valence-corrected chi connectivity index (χ3v) is 2.98. The molecule has 5 nitrogen and oxygen atoms in total. The minimum absolute atomic E-state index is 0.770. The molecule has 0 aliphatic rings. The average molecular weight is 253 g/mol. The summed E-state index contributed by atoms with van der Waals surface area (Å²) in [6.07, 6.45) is 0.974. The molecule has 3 aromatic rings. The molecule has 3 rings (SSSR count). The van der Waals surface area contributed by atoms with Crippen molar-refractivity contribution >= 4 is 11.5 Å². The lowest BCUT2D eigenvalue weighted by molar-refractivity contribution is 0.868. The number of aromatic nitrogens is 4. The Bertz CT molecular complexity index is 675. The first-order chi connectivity index (χ1) is 9.33. The van der Waals surface area contributed by atoms with E-state index in [-0.39, 0.29) is 0 Å². The van der Waals surface area contributed by atoms with E-state index in [1.807, 2.05) is 25.1 Å². The van der Waals surface area contributed by atoms with Gasteiger partial charge in [0, 0.05) is 6.54 Å². The Morgan fingerprint density at radius 1 is 1.05 bits per heavy atom. The van der Waals surface area contributed by atoms with Crippen LogP contribution in [-0.4, -0.2) is 26.4 Å². The molecule has 2 heterocycles. The molecule has 0 aliphatic heterocycles. The van der Waals surface area contributed by atoms with Crippen LogP contribution in [0.5, 0.6) is 0 Å². The number of nitrogens with zero attached hydrogens (tertiary/aromatic N) is 4. The van der Waals surface area contributed by atoms with Gasteiger partial charge in [-0.3, -0.25) is 0 Å². The molecule has 0 bridgehead atoms. The predicted octanol–water partition coefficient (Wildman–Crippen LogP) is 2.09. The Morgan fingerprint density at radius 3 is 2.74 bits per heavy atom. The molecule has 0 amide bonds. The van der Waals surface area contributed by atoms with E-state index in [0.717, 1.165) is 30.3 Å². The summed E-state index contributed by atoms with van der Waals surface area (Å²) in [6.45, 7) is 2.74. The minimum atomic E-state index is 0.770. The standard InChI is InChI=1S/C14H15N5/c1-11-16-17-14-8-7-13(18-19(11)14)15-10-9-12-5-3-2-4-6-12/h2-8H,9-10H2,1H3,(H,15,18). The highest BCUT2D eigenvalue weighted by Gasteiger charge is 2.02. The number of fused-ring (bicyclic) bond motifs is 1. The van der Waals surface area contributed by atoms with Crippen LogP contribution in [0.2, 0.25) is 0 Å². The summed E-state index contributed by atoms with van der Waals surface area (Å²) in [4.78, 5) is 0. The second-order valence-electron chi connectivity index (χ2n) is 4.40. The molecule has 0 atom stereocenters. The summed E-state index contributed by atoms with van der Waals surface area (Å²) in [6, 6.07) is 14.2. The van der Waals surface area contributed by atoms with Crippen molar-refractivity contribution < 1.29 is 0 Å². The lowest BCUT2D eigenvalue weighted by Crippen LogP contribution is -2.08. The maximum Gasteiger partial charge on any atom is 0.178 e. The number of aryl methyl sites for hydroxylation is 1. The zero-order valence-electron chi connectivity index (χ0n) is 10.7. The van der Waals surface area contributed by atoms with Crippen molar-refractivity contribution in [3.63, 3.8) is 0 Å². The number of hydrogen-bond acceptors (Lipinski definition) is 4. The Labute approximate surface area is 111 Å². The van der Waals surface area contributed by atoms with E-state index in [1.54, 1.807) is 4.52 Å². The fraction of sp³-hybridized carbons (Fsp3) is 0.214. The molecule has 0 aliphatic carbocycles. The third-order valence-electron chi connectivity index (χ3n) is 2.98. The number of rotatable bonds is 4. The second-order valence-corrected chi connectivity index (χ2v) is 4.40. The van der Waals surface area contributed by atoms with Crippen molar-refractivity contribution in [3.8, 4) is 0 Å². The Kier molecular flexibility index (Phi) is 3.10. The molecule has 0 saturated heterocycles. The smallest absolute Gasteiger partial charge is 0.178 e. The van der Waals surface area contributed by atoms with Crippen LogP contribution in [0.3, 0.4) is 0 Å². The summed E-state index contributed by atoms with van der Waals surface area (Å²) < 4.78 is 1.74. The van der Waals surface area contributed by atoms with Crippen molar-refractivity contribution in [1.82, 2.24) is 19.8 Å². The largest absolute Gasteiger partial charge is 0.368 e. The van der Waals surface area contributed by atoms with Crippen LogP contribution in [0.25, 0.3) is 5.65 Å². The summed E-state index contributed by atoms with van der Waals surface area (Å²) in [5.41, 5.74) is 2.09. The van der Waals surface area contributed by atoms with Crippen LogP contribution in [0.4, 0.5) is 5.82 Å². The highest BCUT2D eigenvalue weighted by Crippen LogP contribution is 2.07. The summed E-state index contributed by atoms with van der Waals surface area (Å²) in [5, 5.41) is 15.8. The highest BCUT2D eigenvalue weighted by atomic mass is 15.4. The van der Waals surface area contributed by atoms with Crippen LogP contribution in [-0.2, 0) is 6.42 Å². The molecule has 2 aromatic heterocycles. The highest BCUT2D eigenvalue weighted by molar-refractivity contribution is 5.43. The van der Waals surface area contributed by atoms with Crippen LogP contribution >= 0.6 is 0 Å². The number of benzene rings is 1. The van der Waals surface area contributed by atoms with Crippen LogP contribution < -0.4 is 5.32 Å². The van der Waals surface area contributed by atoms with E-state index in [2.05, 4.69) is 44.9 Å². The number of anilines is 1. The molecular formula is C14H15N5. The van der Waals surface area contributed by atoms with Gasteiger partial charge in [0.05, 0.1) is 0 Å². The van der Waals surface area contributed by atoms with E-state index < -0.39 is 0 Å². The van der Waals surface area contributed by atoms with Gasteiger partial charge in [0.15, 0.2) is 11.5 Å². The minimum Gasteiger partial charge on any atom is -0.368 e. The van der Waals surface area contributed by atoms with Crippen LogP contribution in [0.1, 0.15) is 11.4 Å². The van der Waals surface area contributed by atoms with Gasteiger partial charge in [-0.2, -0.15) is 4.52 Å². The van der Waals surface area contributed by atoms with Crippen LogP contribution in [0, 0.1) is 6.92 Å². The maximum atomic E-state index is 4.45. The average Bonchev–Trinajstić information content (AvgIpc) is 2.82. The maximum absolute atomic E-state index is 4.45. The predicted molar refractivity (Wildman–Crippen MR) is 74.2 cm³/mol. The summed E-state index contributed by atoms with van der Waals surface area (Å²) in [5.74, 6) is 1.63. The van der Waals surface area contributed by atoms with Crippen molar-refractivity contribution in [3.05, 3.63) is 53.9 Å². The second kappa shape index (κ2) is 5.06. The molecule has 0 fully saturated rings. The van der Waals surface area contributed by atoms with Crippen LogP contribution in [0.15, 0.2) is 42.5 Å². The van der Waals surface area contributed by atoms with Crippen molar-refractivity contribution in [1.29, 1.82) is 0 Å². The third kappa shape index (κ3) is 2.54. The van der Waals surface area contributed by atoms with E-state index in [1.165, 1.54) is 5.56 Å². The molecule has 19 heavy (non-hydrogen) atoms. The number of hydrogen-bond donors (Lipinski definition) is 1. The van der Waals surface area contributed by atoms with Gasteiger partial charge < -0.3 is 5.32 Å². The molecule has 0 spiro atoms. The van der Waals surface area contributed by atoms with Gasteiger partial charge in [0.2, 0.25) is 0 Å². The molecule has 96 valence electrons. The molecule has 1 aromatic carbocycles. The van der Waals surface area contributed by atoms with E-state index in [9.17, 15) is 0 Å². The molecule has 0 radical (unpaired) electrons. The lowest BCUT2D eigenvalue weighted by atomic mass is 10.1. The Hall–Kier alpha value is -2.43. The molecule has 1 N–H and O–H groups in total. The molecule has 0 saturated carbocycles.